The van der Waals surface area contributed by atoms with Crippen molar-refractivity contribution in [3.8, 4) is 0 Å². The summed E-state index contributed by atoms with van der Waals surface area (Å²) in [7, 11) is 0. The Morgan fingerprint density at radius 2 is 2.27 bits per heavy atom. The van der Waals surface area contributed by atoms with Gasteiger partial charge in [0.2, 0.25) is 0 Å². The zero-order valence-electron chi connectivity index (χ0n) is 7.30. The van der Waals surface area contributed by atoms with Gasteiger partial charge in [-0.25, -0.2) is 0 Å². The summed E-state index contributed by atoms with van der Waals surface area (Å²) in [5.41, 5.74) is 0. The first kappa shape index (κ1) is 8.97. The van der Waals surface area contributed by atoms with Crippen LogP contribution in [0.25, 0.3) is 0 Å². The zero-order chi connectivity index (χ0) is 8.10. The minimum Gasteiger partial charge on any atom is -0.376 e. The van der Waals surface area contributed by atoms with Gasteiger partial charge < -0.3 is 14.8 Å². The van der Waals surface area contributed by atoms with Gasteiger partial charge in [-0.05, 0) is 0 Å². The van der Waals surface area contributed by atoms with Gasteiger partial charge in [-0.15, -0.1) is 0 Å². The molecule has 0 unspecified atom stereocenters. The summed E-state index contributed by atoms with van der Waals surface area (Å²) in [5, 5.41) is 3.31. The summed E-state index contributed by atoms with van der Waals surface area (Å²) in [6, 6.07) is 0.528. The molecule has 1 heterocycles. The molecule has 0 amide bonds. The summed E-state index contributed by atoms with van der Waals surface area (Å²) in [6.07, 6.45) is 0.256. The van der Waals surface area contributed by atoms with Crippen LogP contribution in [0.2, 0.25) is 0 Å². The molecule has 0 radical (unpaired) electrons. The largest absolute Gasteiger partial charge is 0.376 e. The highest BCUT2D eigenvalue weighted by Gasteiger charge is 2.13. The Labute approximate surface area is 68.1 Å². The molecule has 0 aliphatic carbocycles. The predicted octanol–water partition coefficient (Wildman–Crippen LogP) is 0.400. The van der Waals surface area contributed by atoms with E-state index in [9.17, 15) is 0 Å². The molecule has 3 heteroatoms. The van der Waals surface area contributed by atoms with E-state index >= 15 is 0 Å². The van der Waals surface area contributed by atoms with Crippen molar-refractivity contribution in [3.63, 3.8) is 0 Å². The van der Waals surface area contributed by atoms with Crippen LogP contribution in [0.1, 0.15) is 13.8 Å². The van der Waals surface area contributed by atoms with Crippen LogP contribution >= 0.6 is 0 Å². The summed E-state index contributed by atoms with van der Waals surface area (Å²) < 4.78 is 10.7. The summed E-state index contributed by atoms with van der Waals surface area (Å²) >= 11 is 0. The van der Waals surface area contributed by atoms with Gasteiger partial charge in [0.1, 0.15) is 0 Å². The normalized spacial score (nSPS) is 25.9. The highest BCUT2D eigenvalue weighted by molar-refractivity contribution is 4.65. The molecular formula is C8H17NO2. The topological polar surface area (TPSA) is 30.5 Å². The van der Waals surface area contributed by atoms with E-state index in [1.165, 1.54) is 0 Å². The van der Waals surface area contributed by atoms with Crippen LogP contribution in [0, 0.1) is 0 Å². The SMILES string of the molecule is CC(C)NC[C@@H]1COCCO1. The second-order valence-electron chi connectivity index (χ2n) is 3.13. The van der Waals surface area contributed by atoms with Crippen molar-refractivity contribution < 1.29 is 9.47 Å². The zero-order valence-corrected chi connectivity index (χ0v) is 7.30. The first-order valence-corrected chi connectivity index (χ1v) is 4.22. The van der Waals surface area contributed by atoms with Crippen molar-refractivity contribution in [2.24, 2.45) is 0 Å². The lowest BCUT2D eigenvalue weighted by Crippen LogP contribution is -2.39. The third-order valence-electron chi connectivity index (χ3n) is 1.64. The van der Waals surface area contributed by atoms with Gasteiger partial charge in [-0.1, -0.05) is 13.8 Å². The Balaban J connectivity index is 2.05. The standard InChI is InChI=1S/C8H17NO2/c1-7(2)9-5-8-6-10-3-4-11-8/h7-9H,3-6H2,1-2H3/t8-/m1/s1. The molecule has 1 aliphatic heterocycles. The smallest absolute Gasteiger partial charge is 0.0933 e. The molecule has 3 nitrogen and oxygen atoms in total. The van der Waals surface area contributed by atoms with E-state index in [0.29, 0.717) is 6.04 Å². The fourth-order valence-electron chi connectivity index (χ4n) is 1.02. The first-order valence-electron chi connectivity index (χ1n) is 4.22. The molecule has 1 fully saturated rings. The van der Waals surface area contributed by atoms with Crippen molar-refractivity contribution >= 4 is 0 Å². The van der Waals surface area contributed by atoms with Crippen LogP contribution in [0.15, 0.2) is 0 Å². The van der Waals surface area contributed by atoms with E-state index < -0.39 is 0 Å². The van der Waals surface area contributed by atoms with Crippen LogP contribution in [0.5, 0.6) is 0 Å². The minimum atomic E-state index is 0.256. The van der Waals surface area contributed by atoms with Gasteiger partial charge in [0.15, 0.2) is 0 Å². The average molecular weight is 159 g/mol. The Morgan fingerprint density at radius 1 is 1.45 bits per heavy atom. The van der Waals surface area contributed by atoms with Crippen molar-refractivity contribution in [3.05, 3.63) is 0 Å². The van der Waals surface area contributed by atoms with E-state index in [-0.39, 0.29) is 6.10 Å². The molecule has 0 aromatic carbocycles. The lowest BCUT2D eigenvalue weighted by Gasteiger charge is -2.23. The number of nitrogens with one attached hydrogen (secondary N) is 1. The molecule has 0 aromatic rings. The van der Waals surface area contributed by atoms with Gasteiger partial charge in [-0.2, -0.15) is 0 Å². The van der Waals surface area contributed by atoms with Gasteiger partial charge in [-0.3, -0.25) is 0 Å². The van der Waals surface area contributed by atoms with Crippen molar-refractivity contribution in [1.82, 2.24) is 5.32 Å². The quantitative estimate of drug-likeness (QED) is 0.646. The Morgan fingerprint density at radius 3 is 2.82 bits per heavy atom. The highest BCUT2D eigenvalue weighted by Crippen LogP contribution is 1.98. The number of rotatable bonds is 3. The fourth-order valence-corrected chi connectivity index (χ4v) is 1.02. The number of hydrogen-bond acceptors (Lipinski definition) is 3. The van der Waals surface area contributed by atoms with Gasteiger partial charge in [0, 0.05) is 12.6 Å². The Hall–Kier alpha value is -0.120. The van der Waals surface area contributed by atoms with Crippen molar-refractivity contribution in [2.75, 3.05) is 26.4 Å². The minimum absolute atomic E-state index is 0.256. The van der Waals surface area contributed by atoms with Crippen molar-refractivity contribution in [2.45, 2.75) is 26.0 Å². The van der Waals surface area contributed by atoms with Gasteiger partial charge >= 0.3 is 0 Å². The molecule has 0 aromatic heterocycles. The van der Waals surface area contributed by atoms with Gasteiger partial charge in [0.25, 0.3) is 0 Å². The molecule has 1 aliphatic rings. The molecule has 66 valence electrons. The lowest BCUT2D eigenvalue weighted by molar-refractivity contribution is -0.0868. The van der Waals surface area contributed by atoms with Crippen LogP contribution in [0.3, 0.4) is 0 Å². The predicted molar refractivity (Wildman–Crippen MR) is 43.7 cm³/mol. The molecule has 1 saturated heterocycles. The third kappa shape index (κ3) is 3.70. The Kier molecular flexibility index (Phi) is 3.83. The van der Waals surface area contributed by atoms with E-state index in [2.05, 4.69) is 19.2 Å². The molecule has 11 heavy (non-hydrogen) atoms. The molecular weight excluding hydrogens is 142 g/mol. The van der Waals surface area contributed by atoms with Crippen LogP contribution < -0.4 is 5.32 Å². The third-order valence-corrected chi connectivity index (χ3v) is 1.64. The highest BCUT2D eigenvalue weighted by atomic mass is 16.6. The van der Waals surface area contributed by atoms with E-state index in [1.807, 2.05) is 0 Å². The maximum Gasteiger partial charge on any atom is 0.0933 e. The molecule has 0 bridgehead atoms. The number of ether oxygens (including phenoxy) is 2. The Bertz CT molecular complexity index is 100. The van der Waals surface area contributed by atoms with Crippen LogP contribution in [0.4, 0.5) is 0 Å². The maximum absolute atomic E-state index is 5.44. The molecule has 0 saturated carbocycles. The molecule has 1 atom stereocenters. The summed E-state index contributed by atoms with van der Waals surface area (Å²) in [4.78, 5) is 0. The second-order valence-corrected chi connectivity index (χ2v) is 3.13. The molecule has 1 rings (SSSR count). The monoisotopic (exact) mass is 159 g/mol. The van der Waals surface area contributed by atoms with E-state index in [0.717, 1.165) is 26.4 Å². The van der Waals surface area contributed by atoms with Crippen molar-refractivity contribution in [1.29, 1.82) is 0 Å². The van der Waals surface area contributed by atoms with E-state index in [1.54, 1.807) is 0 Å². The maximum atomic E-state index is 5.44. The molecule has 1 N–H and O–H groups in total. The lowest BCUT2D eigenvalue weighted by atomic mass is 10.3. The van der Waals surface area contributed by atoms with Gasteiger partial charge in [0.05, 0.1) is 25.9 Å². The molecule has 0 spiro atoms. The summed E-state index contributed by atoms with van der Waals surface area (Å²) in [6.45, 7) is 7.38. The fraction of sp³-hybridized carbons (Fsp3) is 1.00. The number of hydrogen-bond donors (Lipinski definition) is 1. The second kappa shape index (κ2) is 4.70. The van der Waals surface area contributed by atoms with Crippen LogP contribution in [-0.4, -0.2) is 38.5 Å². The summed E-state index contributed by atoms with van der Waals surface area (Å²) in [5.74, 6) is 0. The average Bonchev–Trinajstić information content (AvgIpc) is 2.03. The van der Waals surface area contributed by atoms with Crippen LogP contribution in [-0.2, 0) is 9.47 Å². The first-order chi connectivity index (χ1) is 5.29. The van der Waals surface area contributed by atoms with E-state index in [4.69, 9.17) is 9.47 Å².